The highest BCUT2D eigenvalue weighted by molar-refractivity contribution is 5.44. The van der Waals surface area contributed by atoms with Gasteiger partial charge < -0.3 is 9.67 Å². The minimum absolute atomic E-state index is 0.0741. The number of rotatable bonds is 7. The molecule has 0 spiro atoms. The van der Waals surface area contributed by atoms with Crippen LogP contribution >= 0.6 is 0 Å². The quantitative estimate of drug-likeness (QED) is 0.446. The summed E-state index contributed by atoms with van der Waals surface area (Å²) in [6.45, 7) is 3.14. The van der Waals surface area contributed by atoms with E-state index in [0.717, 1.165) is 45.5 Å². The van der Waals surface area contributed by atoms with E-state index in [2.05, 4.69) is 15.1 Å². The number of benzene rings is 1. The summed E-state index contributed by atoms with van der Waals surface area (Å²) in [4.78, 5) is 21.1. The second kappa shape index (κ2) is 9.60. The number of alkyl halides is 2. The maximum Gasteiger partial charge on any atom is 0.282 e. The SMILES string of the molecule is Cc1cn(-c2ccc(Cc3cc(C(F)F)nn([C@@H](CO)c4cncc(F)c4)c3=O)cc2C)cn1. The molecule has 1 N–H and O–H groups in total. The Bertz CT molecular complexity index is 1380. The van der Waals surface area contributed by atoms with Gasteiger partial charge in [0.05, 0.1) is 24.8 Å². The average molecular weight is 469 g/mol. The largest absolute Gasteiger partial charge is 0.394 e. The van der Waals surface area contributed by atoms with Gasteiger partial charge in [0.25, 0.3) is 12.0 Å². The second-order valence-electron chi connectivity index (χ2n) is 8.00. The number of aliphatic hydroxyl groups is 1. The second-order valence-corrected chi connectivity index (χ2v) is 8.00. The lowest BCUT2D eigenvalue weighted by molar-refractivity contribution is 0.140. The van der Waals surface area contributed by atoms with Crippen LogP contribution in [0.3, 0.4) is 0 Å². The lowest BCUT2D eigenvalue weighted by atomic mass is 10.0. The number of imidazole rings is 1. The summed E-state index contributed by atoms with van der Waals surface area (Å²) in [5.74, 6) is -0.683. The number of hydrogen-bond acceptors (Lipinski definition) is 5. The molecule has 0 unspecified atom stereocenters. The Morgan fingerprint density at radius 3 is 2.53 bits per heavy atom. The van der Waals surface area contributed by atoms with Crippen LogP contribution in [0.5, 0.6) is 0 Å². The van der Waals surface area contributed by atoms with E-state index in [9.17, 15) is 23.1 Å². The van der Waals surface area contributed by atoms with Crippen molar-refractivity contribution >= 4 is 0 Å². The first-order valence-electron chi connectivity index (χ1n) is 10.5. The Kier molecular flexibility index (Phi) is 6.60. The molecule has 0 aliphatic carbocycles. The van der Waals surface area contributed by atoms with Crippen LogP contribution in [0.4, 0.5) is 13.2 Å². The van der Waals surface area contributed by atoms with Crippen molar-refractivity contribution in [2.24, 2.45) is 0 Å². The molecule has 0 aliphatic rings. The predicted octanol–water partition coefficient (Wildman–Crippen LogP) is 3.69. The third kappa shape index (κ3) is 4.76. The van der Waals surface area contributed by atoms with E-state index in [1.54, 1.807) is 6.33 Å². The fraction of sp³-hybridized carbons (Fsp3) is 0.250. The Hall–Kier alpha value is -3.79. The van der Waals surface area contributed by atoms with E-state index in [1.807, 2.05) is 42.8 Å². The number of hydrogen-bond donors (Lipinski definition) is 1. The van der Waals surface area contributed by atoms with Crippen molar-refractivity contribution in [3.8, 4) is 5.69 Å². The molecular weight excluding hydrogens is 447 g/mol. The lowest BCUT2D eigenvalue weighted by Gasteiger charge is -2.19. The van der Waals surface area contributed by atoms with E-state index in [-0.39, 0.29) is 17.5 Å². The number of halogens is 3. The van der Waals surface area contributed by atoms with E-state index in [0.29, 0.717) is 0 Å². The molecule has 0 radical (unpaired) electrons. The topological polar surface area (TPSA) is 85.8 Å². The molecule has 3 heterocycles. The fourth-order valence-electron chi connectivity index (χ4n) is 3.86. The third-order valence-corrected chi connectivity index (χ3v) is 5.48. The fourth-order valence-corrected chi connectivity index (χ4v) is 3.86. The minimum Gasteiger partial charge on any atom is -0.394 e. The molecule has 0 amide bonds. The van der Waals surface area contributed by atoms with Gasteiger partial charge in [0.2, 0.25) is 0 Å². The van der Waals surface area contributed by atoms with Crippen molar-refractivity contribution in [3.63, 3.8) is 0 Å². The molecule has 0 fully saturated rings. The molecule has 4 aromatic rings. The highest BCUT2D eigenvalue weighted by Crippen LogP contribution is 2.22. The van der Waals surface area contributed by atoms with Crippen molar-refractivity contribution in [3.05, 3.63) is 105 Å². The van der Waals surface area contributed by atoms with E-state index in [4.69, 9.17) is 0 Å². The summed E-state index contributed by atoms with van der Waals surface area (Å²) in [6.07, 6.45) is 2.94. The molecule has 7 nitrogen and oxygen atoms in total. The lowest BCUT2D eigenvalue weighted by Crippen LogP contribution is -2.33. The first-order valence-corrected chi connectivity index (χ1v) is 10.5. The van der Waals surface area contributed by atoms with Gasteiger partial charge in [0.15, 0.2) is 0 Å². The zero-order valence-electron chi connectivity index (χ0n) is 18.5. The minimum atomic E-state index is -2.94. The Morgan fingerprint density at radius 1 is 1.12 bits per heavy atom. The van der Waals surface area contributed by atoms with Crippen LogP contribution in [0.2, 0.25) is 0 Å². The van der Waals surface area contributed by atoms with Crippen molar-refractivity contribution in [2.45, 2.75) is 32.7 Å². The van der Waals surface area contributed by atoms with Crippen LogP contribution in [-0.2, 0) is 6.42 Å². The molecule has 4 rings (SSSR count). The zero-order valence-corrected chi connectivity index (χ0v) is 18.5. The average Bonchev–Trinajstić information content (AvgIpc) is 3.22. The summed E-state index contributed by atoms with van der Waals surface area (Å²) in [6, 6.07) is 6.54. The van der Waals surface area contributed by atoms with Crippen molar-refractivity contribution < 1.29 is 18.3 Å². The normalized spacial score (nSPS) is 12.3. The molecule has 34 heavy (non-hydrogen) atoms. The number of aliphatic hydroxyl groups excluding tert-OH is 1. The van der Waals surface area contributed by atoms with Crippen molar-refractivity contribution in [1.82, 2.24) is 24.3 Å². The van der Waals surface area contributed by atoms with Crippen LogP contribution in [0.15, 0.2) is 60.0 Å². The molecule has 10 heteroatoms. The Balaban J connectivity index is 1.74. The highest BCUT2D eigenvalue weighted by Gasteiger charge is 2.22. The molecule has 1 atom stereocenters. The van der Waals surface area contributed by atoms with Crippen LogP contribution in [0, 0.1) is 19.7 Å². The van der Waals surface area contributed by atoms with E-state index in [1.165, 1.54) is 6.20 Å². The van der Waals surface area contributed by atoms with Gasteiger partial charge in [-0.15, -0.1) is 0 Å². The number of aromatic nitrogens is 5. The van der Waals surface area contributed by atoms with Crippen molar-refractivity contribution in [2.75, 3.05) is 6.61 Å². The summed E-state index contributed by atoms with van der Waals surface area (Å²) in [7, 11) is 0. The molecular formula is C24H22F3N5O2. The molecule has 0 bridgehead atoms. The monoisotopic (exact) mass is 469 g/mol. The van der Waals surface area contributed by atoms with E-state index < -0.39 is 36.1 Å². The maximum absolute atomic E-state index is 13.7. The summed E-state index contributed by atoms with van der Waals surface area (Å²) in [5.41, 5.74) is 2.39. The van der Waals surface area contributed by atoms with Crippen LogP contribution in [-0.4, -0.2) is 36.0 Å². The van der Waals surface area contributed by atoms with E-state index >= 15 is 0 Å². The van der Waals surface area contributed by atoms with Gasteiger partial charge >= 0.3 is 0 Å². The van der Waals surface area contributed by atoms with Crippen LogP contribution in [0.1, 0.15) is 46.1 Å². The van der Waals surface area contributed by atoms with Gasteiger partial charge in [-0.2, -0.15) is 5.10 Å². The molecule has 176 valence electrons. The molecule has 0 saturated heterocycles. The molecule has 0 saturated carbocycles. The Labute approximate surface area is 193 Å². The van der Waals surface area contributed by atoms with Gasteiger partial charge in [-0.25, -0.2) is 22.8 Å². The standard InChI is InChI=1S/C24H22F3N5O2/c1-14-5-16(3-4-21(14)31-11-15(2)29-13-31)6-17-8-20(23(26)27)30-32(24(17)34)22(12-33)18-7-19(25)10-28-9-18/h3-5,7-11,13,22-23,33H,6,12H2,1-2H3/t22-/m0/s1. The summed E-state index contributed by atoms with van der Waals surface area (Å²) in [5, 5.41) is 13.6. The Morgan fingerprint density at radius 2 is 1.91 bits per heavy atom. The van der Waals surface area contributed by atoms with Crippen LogP contribution < -0.4 is 5.56 Å². The highest BCUT2D eigenvalue weighted by atomic mass is 19.3. The van der Waals surface area contributed by atoms with Gasteiger partial charge in [0.1, 0.15) is 17.6 Å². The number of pyridine rings is 1. The van der Waals surface area contributed by atoms with Crippen molar-refractivity contribution in [1.29, 1.82) is 0 Å². The number of nitrogens with zero attached hydrogens (tertiary/aromatic N) is 5. The molecule has 3 aromatic heterocycles. The number of aryl methyl sites for hydroxylation is 2. The summed E-state index contributed by atoms with van der Waals surface area (Å²) < 4.78 is 43.6. The first kappa shape index (κ1) is 23.4. The van der Waals surface area contributed by atoms with Gasteiger partial charge in [0, 0.05) is 35.6 Å². The van der Waals surface area contributed by atoms with Gasteiger partial charge in [-0.05, 0) is 43.2 Å². The predicted molar refractivity (Wildman–Crippen MR) is 119 cm³/mol. The first-order chi connectivity index (χ1) is 16.3. The zero-order chi connectivity index (χ0) is 24.4. The smallest absolute Gasteiger partial charge is 0.282 e. The molecule has 1 aromatic carbocycles. The molecule has 0 aliphatic heterocycles. The third-order valence-electron chi connectivity index (χ3n) is 5.48. The van der Waals surface area contributed by atoms with Gasteiger partial charge in [-0.3, -0.25) is 9.78 Å². The van der Waals surface area contributed by atoms with Gasteiger partial charge in [-0.1, -0.05) is 12.1 Å². The van der Waals surface area contributed by atoms with Crippen LogP contribution in [0.25, 0.3) is 5.69 Å². The maximum atomic E-state index is 13.7. The summed E-state index contributed by atoms with van der Waals surface area (Å²) >= 11 is 0.